The summed E-state index contributed by atoms with van der Waals surface area (Å²) in [5.41, 5.74) is 1.25. The molecule has 10 heavy (non-hydrogen) atoms. The molecule has 1 heteroatoms. The summed E-state index contributed by atoms with van der Waals surface area (Å²) < 4.78 is 0. The molecule has 0 unspecified atom stereocenters. The maximum Gasteiger partial charge on any atom is 0.0147 e. The predicted molar refractivity (Wildman–Crippen MR) is 40.9 cm³/mol. The van der Waals surface area contributed by atoms with E-state index in [4.69, 9.17) is 6.42 Å². The zero-order valence-electron chi connectivity index (χ0n) is 5.85. The van der Waals surface area contributed by atoms with Gasteiger partial charge in [-0.1, -0.05) is 5.92 Å². The van der Waals surface area contributed by atoms with Gasteiger partial charge in [-0.3, -0.25) is 0 Å². The Balaban J connectivity index is 2.23. The van der Waals surface area contributed by atoms with Crippen LogP contribution >= 0.6 is 0 Å². The summed E-state index contributed by atoms with van der Waals surface area (Å²) in [5.74, 6) is 2.37. The Morgan fingerprint density at radius 1 is 1.60 bits per heavy atom. The van der Waals surface area contributed by atoms with Gasteiger partial charge in [0, 0.05) is 18.3 Å². The van der Waals surface area contributed by atoms with E-state index in [-0.39, 0.29) is 0 Å². The van der Waals surface area contributed by atoms with E-state index in [1.165, 1.54) is 5.69 Å². The second-order valence-electron chi connectivity index (χ2n) is 2.23. The normalized spacial score (nSPS) is 9.10. The number of aromatic amines is 1. The molecule has 1 aromatic heterocycles. The number of unbranched alkanes of at least 4 members (excludes halogenated alkanes) is 1. The van der Waals surface area contributed by atoms with Crippen molar-refractivity contribution in [2.45, 2.75) is 19.3 Å². The van der Waals surface area contributed by atoms with E-state index in [0.29, 0.717) is 0 Å². The summed E-state index contributed by atoms with van der Waals surface area (Å²) in [6.07, 6.45) is 11.4. The van der Waals surface area contributed by atoms with Crippen molar-refractivity contribution in [1.29, 1.82) is 0 Å². The maximum atomic E-state index is 6.67. The standard InChI is InChI=1S/C9H10N/c1-2-3-4-6-9-7-5-8-10-9/h5,7-8,10H,3-4,6H2. The van der Waals surface area contributed by atoms with E-state index in [2.05, 4.69) is 17.0 Å². The first kappa shape index (κ1) is 6.95. The van der Waals surface area contributed by atoms with E-state index in [0.717, 1.165) is 19.3 Å². The third-order valence-corrected chi connectivity index (χ3v) is 1.41. The van der Waals surface area contributed by atoms with Crippen molar-refractivity contribution in [3.05, 3.63) is 30.4 Å². The topological polar surface area (TPSA) is 15.8 Å². The van der Waals surface area contributed by atoms with Crippen molar-refractivity contribution in [3.8, 4) is 5.92 Å². The van der Waals surface area contributed by atoms with E-state index < -0.39 is 0 Å². The number of rotatable bonds is 3. The van der Waals surface area contributed by atoms with Gasteiger partial charge in [0.15, 0.2) is 0 Å². The highest BCUT2D eigenvalue weighted by Crippen LogP contribution is 2.00. The Kier molecular flexibility index (Phi) is 2.63. The van der Waals surface area contributed by atoms with Crippen LogP contribution in [0.4, 0.5) is 0 Å². The molecule has 0 spiro atoms. The molecule has 1 rings (SSSR count). The van der Waals surface area contributed by atoms with Crippen LogP contribution in [-0.2, 0) is 6.42 Å². The zero-order valence-corrected chi connectivity index (χ0v) is 5.85. The lowest BCUT2D eigenvalue weighted by atomic mass is 10.2. The van der Waals surface area contributed by atoms with Crippen LogP contribution in [0.2, 0.25) is 0 Å². The van der Waals surface area contributed by atoms with Crippen molar-refractivity contribution < 1.29 is 0 Å². The third kappa shape index (κ3) is 1.99. The summed E-state index contributed by atoms with van der Waals surface area (Å²) in [5, 5.41) is 0. The number of H-pyrrole nitrogens is 1. The van der Waals surface area contributed by atoms with Gasteiger partial charge in [-0.2, -0.15) is 0 Å². The number of hydrogen-bond donors (Lipinski definition) is 1. The van der Waals surface area contributed by atoms with Gasteiger partial charge in [-0.05, 0) is 31.4 Å². The van der Waals surface area contributed by atoms with Crippen LogP contribution in [-0.4, -0.2) is 4.98 Å². The molecule has 0 aliphatic rings. The van der Waals surface area contributed by atoms with Gasteiger partial charge in [0.2, 0.25) is 0 Å². The van der Waals surface area contributed by atoms with Crippen molar-refractivity contribution in [1.82, 2.24) is 4.98 Å². The van der Waals surface area contributed by atoms with Crippen LogP contribution in [0.15, 0.2) is 18.3 Å². The molecule has 0 atom stereocenters. The number of aryl methyl sites for hydroxylation is 1. The SMILES string of the molecule is [C]#CCCCc1ccc[nH]1. The van der Waals surface area contributed by atoms with E-state index in [1.54, 1.807) is 0 Å². The fourth-order valence-corrected chi connectivity index (χ4v) is 0.890. The molecule has 0 fully saturated rings. The van der Waals surface area contributed by atoms with Gasteiger partial charge >= 0.3 is 0 Å². The van der Waals surface area contributed by atoms with Crippen LogP contribution in [0, 0.1) is 12.3 Å². The molecule has 1 N–H and O–H groups in total. The smallest absolute Gasteiger partial charge is 0.0147 e. The van der Waals surface area contributed by atoms with Gasteiger partial charge in [0.25, 0.3) is 0 Å². The maximum absolute atomic E-state index is 6.67. The lowest BCUT2D eigenvalue weighted by molar-refractivity contribution is 0.837. The van der Waals surface area contributed by atoms with Gasteiger partial charge in [-0.25, -0.2) is 0 Å². The molecular formula is C9H10N. The average molecular weight is 132 g/mol. The molecule has 0 aromatic carbocycles. The summed E-state index contributed by atoms with van der Waals surface area (Å²) in [7, 11) is 0. The Bertz CT molecular complexity index is 203. The van der Waals surface area contributed by atoms with Gasteiger partial charge in [0.05, 0.1) is 0 Å². The first-order valence-corrected chi connectivity index (χ1v) is 3.45. The van der Waals surface area contributed by atoms with Crippen LogP contribution in [0.5, 0.6) is 0 Å². The molecule has 0 amide bonds. The molecule has 1 heterocycles. The van der Waals surface area contributed by atoms with E-state index in [9.17, 15) is 0 Å². The Morgan fingerprint density at radius 2 is 2.50 bits per heavy atom. The molecule has 0 bridgehead atoms. The van der Waals surface area contributed by atoms with E-state index in [1.807, 2.05) is 12.3 Å². The fourth-order valence-electron chi connectivity index (χ4n) is 0.890. The highest BCUT2D eigenvalue weighted by atomic mass is 14.7. The minimum Gasteiger partial charge on any atom is -0.365 e. The summed E-state index contributed by atoms with van der Waals surface area (Å²) in [6, 6.07) is 4.05. The lowest BCUT2D eigenvalue weighted by Crippen LogP contribution is -1.82. The van der Waals surface area contributed by atoms with Crippen LogP contribution < -0.4 is 0 Å². The Morgan fingerprint density at radius 3 is 3.10 bits per heavy atom. The average Bonchev–Trinajstić information content (AvgIpc) is 2.41. The largest absolute Gasteiger partial charge is 0.365 e. The molecule has 1 nitrogen and oxygen atoms in total. The van der Waals surface area contributed by atoms with Crippen LogP contribution in [0.25, 0.3) is 0 Å². The number of hydrogen-bond acceptors (Lipinski definition) is 0. The summed E-state index contributed by atoms with van der Waals surface area (Å²) in [4.78, 5) is 3.11. The minimum atomic E-state index is 0.763. The van der Waals surface area contributed by atoms with Crippen LogP contribution in [0.1, 0.15) is 18.5 Å². The molecule has 1 aromatic rings. The molecule has 0 aliphatic carbocycles. The Labute approximate surface area is 61.5 Å². The monoisotopic (exact) mass is 132 g/mol. The minimum absolute atomic E-state index is 0.763. The highest BCUT2D eigenvalue weighted by molar-refractivity contribution is 5.03. The van der Waals surface area contributed by atoms with Crippen molar-refractivity contribution in [2.75, 3.05) is 0 Å². The third-order valence-electron chi connectivity index (χ3n) is 1.41. The first-order valence-electron chi connectivity index (χ1n) is 3.45. The first-order chi connectivity index (χ1) is 4.93. The number of aromatic nitrogens is 1. The van der Waals surface area contributed by atoms with Gasteiger partial charge < -0.3 is 4.98 Å². The lowest BCUT2D eigenvalue weighted by Gasteiger charge is -1.91. The van der Waals surface area contributed by atoms with Crippen molar-refractivity contribution >= 4 is 0 Å². The molecule has 1 radical (unpaired) electrons. The highest BCUT2D eigenvalue weighted by Gasteiger charge is 1.89. The molecule has 51 valence electrons. The van der Waals surface area contributed by atoms with Gasteiger partial charge in [-0.15, -0.1) is 0 Å². The van der Waals surface area contributed by atoms with Crippen molar-refractivity contribution in [2.24, 2.45) is 0 Å². The predicted octanol–water partition coefficient (Wildman–Crippen LogP) is 1.93. The Hall–Kier alpha value is -1.16. The van der Waals surface area contributed by atoms with Crippen molar-refractivity contribution in [3.63, 3.8) is 0 Å². The van der Waals surface area contributed by atoms with Crippen LogP contribution in [0.3, 0.4) is 0 Å². The fraction of sp³-hybridized carbons (Fsp3) is 0.333. The molecule has 0 saturated carbocycles. The molecular weight excluding hydrogens is 122 g/mol. The summed E-state index contributed by atoms with van der Waals surface area (Å²) in [6.45, 7) is 0. The summed E-state index contributed by atoms with van der Waals surface area (Å²) >= 11 is 0. The second-order valence-corrected chi connectivity index (χ2v) is 2.23. The number of nitrogens with one attached hydrogen (secondary N) is 1. The molecule has 0 aliphatic heterocycles. The second kappa shape index (κ2) is 3.79. The zero-order chi connectivity index (χ0) is 7.23. The van der Waals surface area contributed by atoms with Gasteiger partial charge in [0.1, 0.15) is 0 Å². The van der Waals surface area contributed by atoms with E-state index >= 15 is 0 Å². The molecule has 0 saturated heterocycles. The quantitative estimate of drug-likeness (QED) is 0.477.